The highest BCUT2D eigenvalue weighted by molar-refractivity contribution is 5.28. The molecule has 2 rings (SSSR count). The van der Waals surface area contributed by atoms with Crippen molar-refractivity contribution in [2.75, 3.05) is 6.61 Å². The quantitative estimate of drug-likeness (QED) is 0.888. The molecular formula is C17H30N2O. The Kier molecular flexibility index (Phi) is 7.03. The van der Waals surface area contributed by atoms with Crippen LogP contribution in [0.2, 0.25) is 0 Å². The van der Waals surface area contributed by atoms with Crippen LogP contribution in [0.25, 0.3) is 0 Å². The predicted molar refractivity (Wildman–Crippen MR) is 86.4 cm³/mol. The fourth-order valence-electron chi connectivity index (χ4n) is 2.44. The summed E-state index contributed by atoms with van der Waals surface area (Å²) < 4.78 is 5.80. The fourth-order valence-corrected chi connectivity index (χ4v) is 2.44. The monoisotopic (exact) mass is 278 g/mol. The van der Waals surface area contributed by atoms with Crippen molar-refractivity contribution in [1.82, 2.24) is 5.32 Å². The van der Waals surface area contributed by atoms with Crippen LogP contribution in [0.5, 0.6) is 5.75 Å². The molecule has 3 nitrogen and oxygen atoms in total. The first kappa shape index (κ1) is 17.0. The minimum absolute atomic E-state index is 0.204. The number of hydrogen-bond acceptors (Lipinski definition) is 3. The zero-order valence-corrected chi connectivity index (χ0v) is 13.5. The van der Waals surface area contributed by atoms with Crippen LogP contribution in [0.4, 0.5) is 0 Å². The second-order valence-electron chi connectivity index (χ2n) is 5.61. The van der Waals surface area contributed by atoms with Crippen LogP contribution in [-0.4, -0.2) is 24.7 Å². The van der Waals surface area contributed by atoms with E-state index in [9.17, 15) is 0 Å². The third-order valence-electron chi connectivity index (χ3n) is 3.62. The van der Waals surface area contributed by atoms with Gasteiger partial charge in [0, 0.05) is 12.1 Å². The van der Waals surface area contributed by atoms with Gasteiger partial charge in [-0.05, 0) is 37.0 Å². The first-order chi connectivity index (χ1) is 9.56. The van der Waals surface area contributed by atoms with Gasteiger partial charge in [-0.25, -0.2) is 0 Å². The first-order valence-electron chi connectivity index (χ1n) is 7.80. The number of rotatable bonds is 4. The summed E-state index contributed by atoms with van der Waals surface area (Å²) >= 11 is 0. The highest BCUT2D eigenvalue weighted by atomic mass is 16.5. The zero-order chi connectivity index (χ0) is 15.1. The normalized spacial score (nSPS) is 25.2. The minimum atomic E-state index is 0.204. The summed E-state index contributed by atoms with van der Waals surface area (Å²) in [6.07, 6.45) is 1.03. The van der Waals surface area contributed by atoms with Gasteiger partial charge < -0.3 is 15.8 Å². The topological polar surface area (TPSA) is 47.3 Å². The van der Waals surface area contributed by atoms with E-state index in [1.165, 1.54) is 5.56 Å². The second-order valence-corrected chi connectivity index (χ2v) is 5.61. The highest BCUT2D eigenvalue weighted by Crippen LogP contribution is 2.19. The average molecular weight is 278 g/mol. The third-order valence-corrected chi connectivity index (χ3v) is 3.62. The molecule has 20 heavy (non-hydrogen) atoms. The average Bonchev–Trinajstić information content (AvgIpc) is 2.77. The Hall–Kier alpha value is -1.06. The lowest BCUT2D eigenvalue weighted by atomic mass is 10.0. The van der Waals surface area contributed by atoms with Crippen molar-refractivity contribution in [3.63, 3.8) is 0 Å². The Morgan fingerprint density at radius 3 is 2.30 bits per heavy atom. The molecule has 1 aliphatic heterocycles. The molecule has 0 bridgehead atoms. The molecule has 0 aliphatic carbocycles. The van der Waals surface area contributed by atoms with Crippen LogP contribution in [0.3, 0.4) is 0 Å². The third kappa shape index (κ3) is 4.80. The lowest BCUT2D eigenvalue weighted by molar-refractivity contribution is 0.265. The summed E-state index contributed by atoms with van der Waals surface area (Å²) in [5, 5.41) is 3.45. The summed E-state index contributed by atoms with van der Waals surface area (Å²) in [5.74, 6) is 1.48. The van der Waals surface area contributed by atoms with E-state index in [1.54, 1.807) is 0 Å². The van der Waals surface area contributed by atoms with Crippen molar-refractivity contribution in [3.05, 3.63) is 29.8 Å². The van der Waals surface area contributed by atoms with Crippen molar-refractivity contribution < 1.29 is 4.74 Å². The van der Waals surface area contributed by atoms with Crippen molar-refractivity contribution >= 4 is 0 Å². The molecule has 3 unspecified atom stereocenters. The van der Waals surface area contributed by atoms with Crippen LogP contribution in [0.1, 0.15) is 52.5 Å². The molecular weight excluding hydrogens is 248 g/mol. The molecule has 114 valence electrons. The van der Waals surface area contributed by atoms with Gasteiger partial charge in [0.1, 0.15) is 12.4 Å². The van der Waals surface area contributed by atoms with Crippen LogP contribution < -0.4 is 15.8 Å². The summed E-state index contributed by atoms with van der Waals surface area (Å²) in [4.78, 5) is 0. The molecule has 0 radical (unpaired) electrons. The van der Waals surface area contributed by atoms with Gasteiger partial charge in [-0.3, -0.25) is 0 Å². The van der Waals surface area contributed by atoms with Gasteiger partial charge >= 0.3 is 0 Å². The van der Waals surface area contributed by atoms with E-state index >= 15 is 0 Å². The van der Waals surface area contributed by atoms with Crippen LogP contribution in [0.15, 0.2) is 24.3 Å². The maximum absolute atomic E-state index is 6.05. The van der Waals surface area contributed by atoms with E-state index in [2.05, 4.69) is 38.2 Å². The van der Waals surface area contributed by atoms with Crippen molar-refractivity contribution in [3.8, 4) is 5.75 Å². The highest BCUT2D eigenvalue weighted by Gasteiger charge is 2.28. The number of nitrogens with one attached hydrogen (secondary N) is 1. The number of nitrogens with two attached hydrogens (primary N) is 1. The van der Waals surface area contributed by atoms with Crippen LogP contribution in [-0.2, 0) is 0 Å². The van der Waals surface area contributed by atoms with Crippen LogP contribution in [0, 0.1) is 0 Å². The maximum atomic E-state index is 6.05. The van der Waals surface area contributed by atoms with Gasteiger partial charge in [-0.2, -0.15) is 0 Å². The molecule has 1 heterocycles. The molecule has 0 spiro atoms. The molecule has 3 N–H and O–H groups in total. The van der Waals surface area contributed by atoms with E-state index in [4.69, 9.17) is 10.5 Å². The lowest BCUT2D eigenvalue weighted by Gasteiger charge is -2.17. The number of ether oxygens (including phenoxy) is 1. The van der Waals surface area contributed by atoms with E-state index in [1.807, 2.05) is 26.0 Å². The SMILES string of the molecule is CC.CC1CC(N)C(COc2ccc(C(C)C)cc2)N1. The van der Waals surface area contributed by atoms with E-state index in [-0.39, 0.29) is 12.1 Å². The molecule has 1 saturated heterocycles. The van der Waals surface area contributed by atoms with Crippen molar-refractivity contribution in [1.29, 1.82) is 0 Å². The second kappa shape index (κ2) is 8.28. The number of hydrogen-bond donors (Lipinski definition) is 2. The Balaban J connectivity index is 0.000000956. The molecule has 3 atom stereocenters. The fraction of sp³-hybridized carbons (Fsp3) is 0.647. The summed E-state index contributed by atoms with van der Waals surface area (Å²) in [6, 6.07) is 9.31. The van der Waals surface area contributed by atoms with Gasteiger partial charge in [0.15, 0.2) is 0 Å². The molecule has 0 saturated carbocycles. The molecule has 1 aromatic rings. The van der Waals surface area contributed by atoms with Gasteiger partial charge in [-0.15, -0.1) is 0 Å². The van der Waals surface area contributed by atoms with Gasteiger partial charge in [0.05, 0.1) is 6.04 Å². The minimum Gasteiger partial charge on any atom is -0.492 e. The number of benzene rings is 1. The Morgan fingerprint density at radius 1 is 1.25 bits per heavy atom. The molecule has 1 aromatic carbocycles. The molecule has 1 fully saturated rings. The van der Waals surface area contributed by atoms with Gasteiger partial charge in [0.2, 0.25) is 0 Å². The standard InChI is InChI=1S/C15H24N2O.C2H6/c1-10(2)12-4-6-13(7-5-12)18-9-15-14(16)8-11(3)17-15;1-2/h4-7,10-11,14-15,17H,8-9,16H2,1-3H3;1-2H3. The molecule has 1 aliphatic rings. The van der Waals surface area contributed by atoms with Crippen molar-refractivity contribution in [2.45, 2.75) is 65.1 Å². The molecule has 3 heteroatoms. The molecule has 0 aromatic heterocycles. The predicted octanol–water partition coefficient (Wildman–Crippen LogP) is 3.29. The Morgan fingerprint density at radius 2 is 1.85 bits per heavy atom. The summed E-state index contributed by atoms with van der Waals surface area (Å²) in [6.45, 7) is 11.2. The van der Waals surface area contributed by atoms with Crippen LogP contribution >= 0.6 is 0 Å². The smallest absolute Gasteiger partial charge is 0.119 e. The zero-order valence-electron chi connectivity index (χ0n) is 13.5. The van der Waals surface area contributed by atoms with Gasteiger partial charge in [0.25, 0.3) is 0 Å². The largest absolute Gasteiger partial charge is 0.492 e. The summed E-state index contributed by atoms with van der Waals surface area (Å²) in [7, 11) is 0. The van der Waals surface area contributed by atoms with Gasteiger partial charge in [-0.1, -0.05) is 39.8 Å². The Bertz CT molecular complexity index is 375. The van der Waals surface area contributed by atoms with E-state index in [0.29, 0.717) is 18.6 Å². The Labute approximate surface area is 123 Å². The van der Waals surface area contributed by atoms with E-state index < -0.39 is 0 Å². The van der Waals surface area contributed by atoms with Crippen molar-refractivity contribution in [2.24, 2.45) is 5.73 Å². The van der Waals surface area contributed by atoms with E-state index in [0.717, 1.165) is 12.2 Å². The molecule has 0 amide bonds. The maximum Gasteiger partial charge on any atom is 0.119 e. The lowest BCUT2D eigenvalue weighted by Crippen LogP contribution is -2.41. The first-order valence-corrected chi connectivity index (χ1v) is 7.80. The summed E-state index contributed by atoms with van der Waals surface area (Å²) in [5.41, 5.74) is 7.39.